The van der Waals surface area contributed by atoms with E-state index in [1.165, 1.54) is 12.1 Å². The molecule has 1 amide bonds. The number of rotatable bonds is 5. The quantitative estimate of drug-likeness (QED) is 0.376. The molecule has 30 heavy (non-hydrogen) atoms. The van der Waals surface area contributed by atoms with E-state index in [-0.39, 0.29) is 17.5 Å². The van der Waals surface area contributed by atoms with Gasteiger partial charge in [0.1, 0.15) is 0 Å². The van der Waals surface area contributed by atoms with Crippen LogP contribution >= 0.6 is 0 Å². The number of hydrogen-bond donors (Lipinski definition) is 2. The summed E-state index contributed by atoms with van der Waals surface area (Å²) in [6.45, 7) is 2.02. The predicted molar refractivity (Wildman–Crippen MR) is 113 cm³/mol. The zero-order valence-electron chi connectivity index (χ0n) is 16.0. The van der Waals surface area contributed by atoms with Crippen LogP contribution in [0, 0.1) is 17.0 Å². The second-order valence-corrected chi connectivity index (χ2v) is 6.72. The summed E-state index contributed by atoms with van der Waals surface area (Å²) in [5.41, 5.74) is 4.00. The fourth-order valence-corrected chi connectivity index (χ4v) is 3.05. The Morgan fingerprint density at radius 3 is 2.43 bits per heavy atom. The van der Waals surface area contributed by atoms with E-state index < -0.39 is 4.92 Å². The van der Waals surface area contributed by atoms with Crippen molar-refractivity contribution in [1.29, 1.82) is 0 Å². The van der Waals surface area contributed by atoms with Crippen LogP contribution in [-0.4, -0.2) is 26.0 Å². The maximum Gasteiger partial charge on any atom is 0.270 e. The van der Waals surface area contributed by atoms with Crippen molar-refractivity contribution in [3.8, 4) is 22.5 Å². The van der Waals surface area contributed by atoms with Gasteiger partial charge in [-0.3, -0.25) is 25.3 Å². The highest BCUT2D eigenvalue weighted by Crippen LogP contribution is 2.23. The van der Waals surface area contributed by atoms with Crippen LogP contribution in [0.3, 0.4) is 0 Å². The van der Waals surface area contributed by atoms with Gasteiger partial charge in [-0.2, -0.15) is 4.98 Å². The lowest BCUT2D eigenvalue weighted by molar-refractivity contribution is -0.384. The summed E-state index contributed by atoms with van der Waals surface area (Å²) in [6, 6.07) is 21.3. The molecule has 0 saturated carbocycles. The maximum absolute atomic E-state index is 12.7. The monoisotopic (exact) mass is 399 g/mol. The van der Waals surface area contributed by atoms with E-state index in [2.05, 4.69) is 26.6 Å². The largest absolute Gasteiger partial charge is 0.289 e. The van der Waals surface area contributed by atoms with Crippen molar-refractivity contribution in [3.63, 3.8) is 0 Å². The van der Waals surface area contributed by atoms with Gasteiger partial charge in [-0.05, 0) is 30.2 Å². The van der Waals surface area contributed by atoms with Crippen LogP contribution in [-0.2, 0) is 0 Å². The summed E-state index contributed by atoms with van der Waals surface area (Å²) < 4.78 is 0. The van der Waals surface area contributed by atoms with E-state index in [1.807, 2.05) is 37.3 Å². The molecule has 0 atom stereocenters. The van der Waals surface area contributed by atoms with Crippen molar-refractivity contribution in [3.05, 3.63) is 94.0 Å². The van der Waals surface area contributed by atoms with Gasteiger partial charge >= 0.3 is 0 Å². The molecule has 0 saturated heterocycles. The third kappa shape index (κ3) is 4.07. The zero-order chi connectivity index (χ0) is 21.1. The van der Waals surface area contributed by atoms with Gasteiger partial charge < -0.3 is 0 Å². The number of H-pyrrole nitrogens is 1. The number of nitrogens with zero attached hydrogens (tertiary/aromatic N) is 3. The number of carbonyl (C=O) groups is 1. The van der Waals surface area contributed by atoms with Gasteiger partial charge in [0, 0.05) is 23.3 Å². The van der Waals surface area contributed by atoms with Crippen molar-refractivity contribution >= 4 is 17.5 Å². The molecule has 0 aliphatic rings. The molecule has 0 aliphatic carbocycles. The Morgan fingerprint density at radius 1 is 0.967 bits per heavy atom. The number of non-ortho nitro benzene ring substituents is 1. The van der Waals surface area contributed by atoms with Gasteiger partial charge in [-0.25, -0.2) is 0 Å². The van der Waals surface area contributed by atoms with Crippen LogP contribution in [0.2, 0.25) is 0 Å². The second-order valence-electron chi connectivity index (χ2n) is 6.72. The van der Waals surface area contributed by atoms with E-state index in [0.717, 1.165) is 16.7 Å². The Bertz CT molecular complexity index is 1250. The van der Waals surface area contributed by atoms with Gasteiger partial charge in [0.25, 0.3) is 11.6 Å². The Hall–Kier alpha value is -4.33. The number of amides is 1. The highest BCUT2D eigenvalue weighted by molar-refractivity contribution is 6.04. The molecule has 4 rings (SSSR count). The molecule has 8 nitrogen and oxygen atoms in total. The number of benzene rings is 3. The van der Waals surface area contributed by atoms with Crippen LogP contribution in [0.1, 0.15) is 15.9 Å². The molecule has 0 unspecified atom stereocenters. The molecule has 0 aliphatic heterocycles. The number of carbonyl (C=O) groups excluding carboxylic acids is 1. The first-order chi connectivity index (χ1) is 14.5. The van der Waals surface area contributed by atoms with Crippen LogP contribution in [0.5, 0.6) is 0 Å². The van der Waals surface area contributed by atoms with E-state index >= 15 is 0 Å². The maximum atomic E-state index is 12.7. The Kier molecular flexibility index (Phi) is 5.04. The minimum Gasteiger partial charge on any atom is -0.289 e. The lowest BCUT2D eigenvalue weighted by Crippen LogP contribution is -2.13. The molecule has 8 heteroatoms. The minimum absolute atomic E-state index is 0.0533. The minimum atomic E-state index is -0.482. The van der Waals surface area contributed by atoms with Crippen molar-refractivity contribution in [2.45, 2.75) is 6.92 Å². The lowest BCUT2D eigenvalue weighted by atomic mass is 10.0. The number of anilines is 1. The Morgan fingerprint density at radius 2 is 1.67 bits per heavy atom. The number of nitro benzene ring substituents is 1. The number of nitrogens with one attached hydrogen (secondary N) is 2. The zero-order valence-corrected chi connectivity index (χ0v) is 16.0. The van der Waals surface area contributed by atoms with E-state index in [0.29, 0.717) is 17.0 Å². The van der Waals surface area contributed by atoms with Gasteiger partial charge in [-0.15, -0.1) is 5.10 Å². The van der Waals surface area contributed by atoms with Gasteiger partial charge in [0.05, 0.1) is 4.92 Å². The SMILES string of the molecule is Cc1cccc(-c2cccc(C(=O)Nc3n[nH]c(-c4cccc([N+](=O)[O-])c4)n3)c2)c1. The smallest absolute Gasteiger partial charge is 0.270 e. The standard InChI is InChI=1S/C22H17N5O3/c1-14-5-2-6-15(11-14)16-7-3-9-18(12-16)21(28)24-22-23-20(25-26-22)17-8-4-10-19(13-17)27(29)30/h2-13H,1H3,(H2,23,24,25,26,28). The molecular formula is C22H17N5O3. The normalized spacial score (nSPS) is 10.6. The first-order valence-corrected chi connectivity index (χ1v) is 9.15. The summed E-state index contributed by atoms with van der Waals surface area (Å²) >= 11 is 0. The number of nitro groups is 1. The van der Waals surface area contributed by atoms with Crippen LogP contribution in [0.4, 0.5) is 11.6 Å². The Balaban J connectivity index is 1.53. The van der Waals surface area contributed by atoms with Gasteiger partial charge in [0.15, 0.2) is 5.82 Å². The predicted octanol–water partition coefficient (Wildman–Crippen LogP) is 4.61. The van der Waals surface area contributed by atoms with Crippen molar-refractivity contribution in [1.82, 2.24) is 15.2 Å². The average molecular weight is 399 g/mol. The molecule has 3 aromatic carbocycles. The summed E-state index contributed by atoms with van der Waals surface area (Å²) in [7, 11) is 0. The topological polar surface area (TPSA) is 114 Å². The van der Waals surface area contributed by atoms with Crippen molar-refractivity contribution in [2.24, 2.45) is 0 Å². The molecule has 0 spiro atoms. The van der Waals surface area contributed by atoms with Crippen molar-refractivity contribution in [2.75, 3.05) is 5.32 Å². The molecule has 0 radical (unpaired) electrons. The van der Waals surface area contributed by atoms with Crippen LogP contribution < -0.4 is 5.32 Å². The van der Waals surface area contributed by atoms with Gasteiger partial charge in [-0.1, -0.05) is 54.1 Å². The van der Waals surface area contributed by atoms with Crippen molar-refractivity contribution < 1.29 is 9.72 Å². The molecule has 1 heterocycles. The lowest BCUT2D eigenvalue weighted by Gasteiger charge is -2.06. The van der Waals surface area contributed by atoms with E-state index in [1.54, 1.807) is 24.3 Å². The third-order valence-corrected chi connectivity index (χ3v) is 4.52. The van der Waals surface area contributed by atoms with Crippen LogP contribution in [0.25, 0.3) is 22.5 Å². The molecular weight excluding hydrogens is 382 g/mol. The Labute approximate surface area is 171 Å². The summed E-state index contributed by atoms with van der Waals surface area (Å²) in [5, 5.41) is 20.3. The fourth-order valence-electron chi connectivity index (χ4n) is 3.05. The molecule has 0 bridgehead atoms. The molecule has 2 N–H and O–H groups in total. The van der Waals surface area contributed by atoms with Crippen LogP contribution in [0.15, 0.2) is 72.8 Å². The highest BCUT2D eigenvalue weighted by atomic mass is 16.6. The first kappa shape index (κ1) is 19.0. The number of aromatic amines is 1. The molecule has 1 aromatic heterocycles. The summed E-state index contributed by atoms with van der Waals surface area (Å²) in [5.74, 6) is 0.0547. The first-order valence-electron chi connectivity index (χ1n) is 9.15. The summed E-state index contributed by atoms with van der Waals surface area (Å²) in [6.07, 6.45) is 0. The number of aryl methyl sites for hydroxylation is 1. The second kappa shape index (κ2) is 7.96. The third-order valence-electron chi connectivity index (χ3n) is 4.52. The number of hydrogen-bond acceptors (Lipinski definition) is 5. The fraction of sp³-hybridized carbons (Fsp3) is 0.0455. The van der Waals surface area contributed by atoms with Gasteiger partial charge in [0.2, 0.25) is 5.95 Å². The summed E-state index contributed by atoms with van der Waals surface area (Å²) in [4.78, 5) is 27.3. The van der Waals surface area contributed by atoms with E-state index in [4.69, 9.17) is 0 Å². The molecule has 0 fully saturated rings. The molecule has 4 aromatic rings. The average Bonchev–Trinajstić information content (AvgIpc) is 3.22. The molecule has 148 valence electrons. The highest BCUT2D eigenvalue weighted by Gasteiger charge is 2.13. The number of aromatic nitrogens is 3. The van der Waals surface area contributed by atoms with E-state index in [9.17, 15) is 14.9 Å².